The van der Waals surface area contributed by atoms with Crippen LogP contribution in [0.4, 0.5) is 0 Å². The minimum atomic E-state index is 0.132. The average Bonchev–Trinajstić information content (AvgIpc) is 2.72. The van der Waals surface area contributed by atoms with Crippen LogP contribution in [0.2, 0.25) is 0 Å². The molecule has 2 rings (SSSR count). The van der Waals surface area contributed by atoms with E-state index in [4.69, 9.17) is 5.73 Å². The third-order valence-corrected chi connectivity index (χ3v) is 4.28. The molecular formula is C16H30N4. The van der Waals surface area contributed by atoms with Crippen LogP contribution in [0.5, 0.6) is 0 Å². The van der Waals surface area contributed by atoms with Gasteiger partial charge in [-0.05, 0) is 54.0 Å². The highest BCUT2D eigenvalue weighted by atomic mass is 15.3. The SMILES string of the molecule is CC(C)n1cc(C2C(N)CCCCN2C(C)(C)C)cn1. The number of hydrogen-bond acceptors (Lipinski definition) is 3. The summed E-state index contributed by atoms with van der Waals surface area (Å²) in [6.07, 6.45) is 7.75. The van der Waals surface area contributed by atoms with Gasteiger partial charge in [-0.1, -0.05) is 6.42 Å². The fourth-order valence-corrected chi connectivity index (χ4v) is 3.16. The van der Waals surface area contributed by atoms with E-state index >= 15 is 0 Å². The summed E-state index contributed by atoms with van der Waals surface area (Å²) in [5, 5.41) is 4.51. The molecule has 1 aromatic heterocycles. The Morgan fingerprint density at radius 2 is 2.00 bits per heavy atom. The summed E-state index contributed by atoms with van der Waals surface area (Å²) in [5.74, 6) is 0. The zero-order valence-corrected chi connectivity index (χ0v) is 13.6. The summed E-state index contributed by atoms with van der Waals surface area (Å²) in [6, 6.07) is 0.875. The van der Waals surface area contributed by atoms with Crippen LogP contribution in [0.25, 0.3) is 0 Å². The van der Waals surface area contributed by atoms with Crippen molar-refractivity contribution >= 4 is 0 Å². The molecule has 0 amide bonds. The van der Waals surface area contributed by atoms with Gasteiger partial charge in [-0.25, -0.2) is 0 Å². The smallest absolute Gasteiger partial charge is 0.0538 e. The van der Waals surface area contributed by atoms with Gasteiger partial charge in [-0.3, -0.25) is 9.58 Å². The molecule has 20 heavy (non-hydrogen) atoms. The Kier molecular flexibility index (Phi) is 4.55. The van der Waals surface area contributed by atoms with Gasteiger partial charge in [0.1, 0.15) is 0 Å². The lowest BCUT2D eigenvalue weighted by Gasteiger charge is -2.42. The normalized spacial score (nSPS) is 25.9. The monoisotopic (exact) mass is 278 g/mol. The molecule has 0 radical (unpaired) electrons. The van der Waals surface area contributed by atoms with Crippen molar-refractivity contribution in [2.45, 2.75) is 77.5 Å². The van der Waals surface area contributed by atoms with Crippen molar-refractivity contribution in [3.05, 3.63) is 18.0 Å². The average molecular weight is 278 g/mol. The standard InChI is InChI=1S/C16H30N4/c1-12(2)20-11-13(10-18-20)15-14(17)8-6-7-9-19(15)16(3,4)5/h10-12,14-15H,6-9,17H2,1-5H3. The summed E-state index contributed by atoms with van der Waals surface area (Å²) in [5.41, 5.74) is 7.90. The van der Waals surface area contributed by atoms with Gasteiger partial charge in [0.05, 0.1) is 12.2 Å². The predicted molar refractivity (Wildman–Crippen MR) is 83.6 cm³/mol. The van der Waals surface area contributed by atoms with Crippen molar-refractivity contribution in [3.63, 3.8) is 0 Å². The molecule has 1 saturated heterocycles. The number of rotatable bonds is 2. The molecule has 2 atom stereocenters. The summed E-state index contributed by atoms with van der Waals surface area (Å²) in [7, 11) is 0. The second-order valence-corrected chi connectivity index (χ2v) is 7.32. The van der Waals surface area contributed by atoms with Crippen LogP contribution >= 0.6 is 0 Å². The van der Waals surface area contributed by atoms with E-state index in [-0.39, 0.29) is 17.6 Å². The molecule has 1 aliphatic rings. The third-order valence-electron chi connectivity index (χ3n) is 4.28. The Balaban J connectivity index is 2.34. The zero-order valence-electron chi connectivity index (χ0n) is 13.6. The first-order valence-corrected chi connectivity index (χ1v) is 7.87. The third kappa shape index (κ3) is 3.23. The second kappa shape index (κ2) is 5.86. The molecular weight excluding hydrogens is 248 g/mol. The van der Waals surface area contributed by atoms with Crippen LogP contribution < -0.4 is 5.73 Å². The van der Waals surface area contributed by atoms with E-state index in [1.165, 1.54) is 18.4 Å². The van der Waals surface area contributed by atoms with Crippen molar-refractivity contribution in [3.8, 4) is 0 Å². The van der Waals surface area contributed by atoms with Crippen LogP contribution in [0.15, 0.2) is 12.4 Å². The summed E-state index contributed by atoms with van der Waals surface area (Å²) >= 11 is 0. The molecule has 1 aliphatic heterocycles. The van der Waals surface area contributed by atoms with Crippen LogP contribution in [0, 0.1) is 0 Å². The Hall–Kier alpha value is -0.870. The molecule has 4 nitrogen and oxygen atoms in total. The van der Waals surface area contributed by atoms with E-state index in [1.54, 1.807) is 0 Å². The van der Waals surface area contributed by atoms with Crippen LogP contribution in [-0.4, -0.2) is 32.8 Å². The lowest BCUT2D eigenvalue weighted by Crippen LogP contribution is -2.49. The summed E-state index contributed by atoms with van der Waals surface area (Å²) in [4.78, 5) is 2.56. The highest BCUT2D eigenvalue weighted by molar-refractivity contribution is 5.15. The molecule has 114 valence electrons. The van der Waals surface area contributed by atoms with Crippen molar-refractivity contribution < 1.29 is 0 Å². The van der Waals surface area contributed by atoms with Crippen molar-refractivity contribution in [2.75, 3.05) is 6.54 Å². The fraction of sp³-hybridized carbons (Fsp3) is 0.812. The molecule has 2 heterocycles. The zero-order chi connectivity index (χ0) is 14.9. The Bertz CT molecular complexity index is 430. The minimum absolute atomic E-state index is 0.132. The van der Waals surface area contributed by atoms with E-state index in [0.717, 1.165) is 13.0 Å². The van der Waals surface area contributed by atoms with Crippen LogP contribution in [0.1, 0.15) is 71.5 Å². The first-order chi connectivity index (χ1) is 9.30. The van der Waals surface area contributed by atoms with Gasteiger partial charge in [0.15, 0.2) is 0 Å². The van der Waals surface area contributed by atoms with E-state index < -0.39 is 0 Å². The number of nitrogens with two attached hydrogens (primary N) is 1. The summed E-state index contributed by atoms with van der Waals surface area (Å²) in [6.45, 7) is 12.3. The van der Waals surface area contributed by atoms with Gasteiger partial charge < -0.3 is 5.73 Å². The Labute approximate surface area is 123 Å². The number of nitrogens with zero attached hydrogens (tertiary/aromatic N) is 3. The molecule has 1 fully saturated rings. The van der Waals surface area contributed by atoms with E-state index in [1.807, 2.05) is 10.9 Å². The largest absolute Gasteiger partial charge is 0.326 e. The fourth-order valence-electron chi connectivity index (χ4n) is 3.16. The van der Waals surface area contributed by atoms with Crippen molar-refractivity contribution in [2.24, 2.45) is 5.73 Å². The van der Waals surface area contributed by atoms with E-state index in [9.17, 15) is 0 Å². The molecule has 4 heteroatoms. The van der Waals surface area contributed by atoms with Gasteiger partial charge in [0.2, 0.25) is 0 Å². The van der Waals surface area contributed by atoms with Gasteiger partial charge in [-0.15, -0.1) is 0 Å². The maximum absolute atomic E-state index is 6.50. The molecule has 0 aromatic carbocycles. The molecule has 2 unspecified atom stereocenters. The van der Waals surface area contributed by atoms with E-state index in [0.29, 0.717) is 6.04 Å². The quantitative estimate of drug-likeness (QED) is 0.904. The van der Waals surface area contributed by atoms with Crippen molar-refractivity contribution in [1.82, 2.24) is 14.7 Å². The first-order valence-electron chi connectivity index (χ1n) is 7.87. The van der Waals surface area contributed by atoms with Gasteiger partial charge in [0.25, 0.3) is 0 Å². The number of likely N-dealkylation sites (tertiary alicyclic amines) is 1. The number of hydrogen-bond donors (Lipinski definition) is 1. The highest BCUT2D eigenvalue weighted by Gasteiger charge is 2.35. The Morgan fingerprint density at radius 1 is 1.30 bits per heavy atom. The molecule has 0 saturated carbocycles. The minimum Gasteiger partial charge on any atom is -0.326 e. The lowest BCUT2D eigenvalue weighted by molar-refractivity contribution is 0.0755. The Morgan fingerprint density at radius 3 is 2.55 bits per heavy atom. The van der Waals surface area contributed by atoms with Gasteiger partial charge in [-0.2, -0.15) is 5.10 Å². The maximum Gasteiger partial charge on any atom is 0.0538 e. The number of aromatic nitrogens is 2. The maximum atomic E-state index is 6.50. The van der Waals surface area contributed by atoms with Crippen molar-refractivity contribution in [1.29, 1.82) is 0 Å². The van der Waals surface area contributed by atoms with Gasteiger partial charge in [0, 0.05) is 29.4 Å². The molecule has 2 N–H and O–H groups in total. The van der Waals surface area contributed by atoms with Gasteiger partial charge >= 0.3 is 0 Å². The molecule has 1 aromatic rings. The van der Waals surface area contributed by atoms with Crippen LogP contribution in [0.3, 0.4) is 0 Å². The van der Waals surface area contributed by atoms with E-state index in [2.05, 4.69) is 50.8 Å². The topological polar surface area (TPSA) is 47.1 Å². The molecule has 0 aliphatic carbocycles. The lowest BCUT2D eigenvalue weighted by atomic mass is 9.94. The molecule has 0 spiro atoms. The summed E-state index contributed by atoms with van der Waals surface area (Å²) < 4.78 is 2.04. The predicted octanol–water partition coefficient (Wildman–Crippen LogP) is 3.12. The molecule has 0 bridgehead atoms. The first kappa shape index (κ1) is 15.5. The highest BCUT2D eigenvalue weighted by Crippen LogP contribution is 2.34. The second-order valence-electron chi connectivity index (χ2n) is 7.32. The van der Waals surface area contributed by atoms with Crippen LogP contribution in [-0.2, 0) is 0 Å².